The number of hydrogen-bond acceptors (Lipinski definition) is 6. The first kappa shape index (κ1) is 29.6. The summed E-state index contributed by atoms with van der Waals surface area (Å²) < 4.78 is 10.7. The van der Waals surface area contributed by atoms with Crippen LogP contribution in [0, 0.1) is 0 Å². The van der Waals surface area contributed by atoms with E-state index in [2.05, 4.69) is 0 Å². The van der Waals surface area contributed by atoms with E-state index in [1.54, 1.807) is 26.0 Å². The molecule has 0 heterocycles. The predicted molar refractivity (Wildman–Crippen MR) is 159 cm³/mol. The van der Waals surface area contributed by atoms with Gasteiger partial charge in [-0.25, -0.2) is 0 Å². The first-order valence-corrected chi connectivity index (χ1v) is 15.4. The molecular formula is C30H24AlCl2O4S2+. The molecule has 2 unspecified atom stereocenters. The van der Waals surface area contributed by atoms with Crippen LogP contribution in [0.2, 0.25) is 10.0 Å². The van der Waals surface area contributed by atoms with E-state index < -0.39 is 39.7 Å². The minimum absolute atomic E-state index is 0.499. The molecule has 0 spiro atoms. The molecule has 0 bridgehead atoms. The fraction of sp³-hybridized carbons (Fsp3) is 0.133. The van der Waals surface area contributed by atoms with E-state index in [1.165, 1.54) is 23.5 Å². The third kappa shape index (κ3) is 7.85. The van der Waals surface area contributed by atoms with E-state index in [4.69, 9.17) is 30.8 Å². The van der Waals surface area contributed by atoms with Crippen molar-refractivity contribution in [1.29, 1.82) is 0 Å². The van der Waals surface area contributed by atoms with Crippen LogP contribution >= 0.6 is 46.7 Å². The Morgan fingerprint density at radius 3 is 1.38 bits per heavy atom. The predicted octanol–water partition coefficient (Wildman–Crippen LogP) is 8.82. The molecule has 0 fully saturated rings. The molecule has 4 aromatic carbocycles. The van der Waals surface area contributed by atoms with Crippen LogP contribution in [-0.2, 0) is 17.2 Å². The van der Waals surface area contributed by atoms with Gasteiger partial charge in [0, 0.05) is 0 Å². The molecule has 4 rings (SSSR count). The van der Waals surface area contributed by atoms with Crippen LogP contribution in [0.5, 0.6) is 0 Å². The molecule has 9 heteroatoms. The van der Waals surface area contributed by atoms with Gasteiger partial charge in [-0.2, -0.15) is 0 Å². The van der Waals surface area contributed by atoms with Crippen molar-refractivity contribution in [2.24, 2.45) is 0 Å². The molecule has 196 valence electrons. The molecule has 4 nitrogen and oxygen atoms in total. The molecule has 0 aliphatic rings. The fourth-order valence-electron chi connectivity index (χ4n) is 3.69. The molecule has 2 atom stereocenters. The average Bonchev–Trinajstić information content (AvgIpc) is 2.95. The van der Waals surface area contributed by atoms with Gasteiger partial charge in [0.25, 0.3) is 0 Å². The van der Waals surface area contributed by atoms with E-state index in [0.29, 0.717) is 21.2 Å². The van der Waals surface area contributed by atoms with E-state index in [9.17, 15) is 9.59 Å². The second-order valence-corrected chi connectivity index (χ2v) is 12.2. The summed E-state index contributed by atoms with van der Waals surface area (Å²) in [6.45, 7) is 3.44. The van der Waals surface area contributed by atoms with Gasteiger partial charge in [-0.1, -0.05) is 0 Å². The maximum atomic E-state index is 12.8. The summed E-state index contributed by atoms with van der Waals surface area (Å²) in [5.74, 6) is -2.26. The van der Waals surface area contributed by atoms with Gasteiger partial charge in [-0.15, -0.1) is 0 Å². The van der Waals surface area contributed by atoms with Crippen LogP contribution in [-0.4, -0.2) is 27.8 Å². The van der Waals surface area contributed by atoms with Crippen LogP contribution in [0.1, 0.15) is 36.8 Å². The van der Waals surface area contributed by atoms with Crippen molar-refractivity contribution in [3.05, 3.63) is 118 Å². The zero-order chi connectivity index (χ0) is 27.8. The Bertz CT molecular complexity index is 1330. The van der Waals surface area contributed by atoms with Crippen molar-refractivity contribution in [3.63, 3.8) is 0 Å². The molecule has 4 aromatic rings. The molecule has 0 aliphatic heterocycles. The second-order valence-electron chi connectivity index (χ2n) is 8.56. The maximum absolute atomic E-state index is 12.8. The van der Waals surface area contributed by atoms with Gasteiger partial charge in [0.15, 0.2) is 0 Å². The quantitative estimate of drug-likeness (QED) is 0.167. The van der Waals surface area contributed by atoms with Crippen LogP contribution in [0.4, 0.5) is 0 Å². The van der Waals surface area contributed by atoms with Crippen molar-refractivity contribution in [2.45, 2.75) is 45.3 Å². The Morgan fingerprint density at radius 1 is 0.615 bits per heavy atom. The Hall–Kier alpha value is -2.37. The van der Waals surface area contributed by atoms with Crippen LogP contribution in [0.3, 0.4) is 0 Å². The van der Waals surface area contributed by atoms with Gasteiger partial charge in [-0.05, 0) is 0 Å². The van der Waals surface area contributed by atoms with Crippen LogP contribution in [0.15, 0.2) is 117 Å². The summed E-state index contributed by atoms with van der Waals surface area (Å²) in [5, 5.41) is 0.999. The molecule has 0 saturated carbocycles. The number of halogens is 2. The fourth-order valence-corrected chi connectivity index (χ4v) is 6.95. The van der Waals surface area contributed by atoms with Gasteiger partial charge < -0.3 is 0 Å². The summed E-state index contributed by atoms with van der Waals surface area (Å²) in [6, 6.07) is 30.9. The summed E-state index contributed by atoms with van der Waals surface area (Å²) in [7, 11) is 0. The Morgan fingerprint density at radius 2 is 1.00 bits per heavy atom. The van der Waals surface area contributed by atoms with Gasteiger partial charge in [0.2, 0.25) is 0 Å². The first-order chi connectivity index (χ1) is 18.8. The summed E-state index contributed by atoms with van der Waals surface area (Å²) in [5.41, 5.74) is 1.31. The van der Waals surface area contributed by atoms with Crippen molar-refractivity contribution < 1.29 is 17.2 Å². The number of hydrogen-bond donors (Lipinski definition) is 0. The van der Waals surface area contributed by atoms with Gasteiger partial charge >= 0.3 is 255 Å². The summed E-state index contributed by atoms with van der Waals surface area (Å²) in [4.78, 5) is 29.3. The minimum atomic E-state index is -1.35. The van der Waals surface area contributed by atoms with Crippen molar-refractivity contribution in [1.82, 2.24) is 0 Å². The molecule has 0 aliphatic carbocycles. The third-order valence-corrected chi connectivity index (χ3v) is 9.76. The normalized spacial score (nSPS) is 12.2. The number of carbonyl (C=O) groups is 2. The SMILES string of the molecule is CC(C(=O)[O][Al+][O]C(=O)C(C)c1cccc(Sc2ccccc2)c1Cl)c1cccc(Sc2ccccc2)c1Cl. The molecule has 0 aromatic heterocycles. The zero-order valence-electron chi connectivity index (χ0n) is 21.2. The standard InChI is InChI=1S/2C15H13ClO2S.Al/c2*1-10(15(17)18)12-8-5-9-13(14(12)16)19-11-6-3-2-4-7-11;/h2*2-10H,1H3,(H,17,18);/q;;+3/p-2. The Balaban J connectivity index is 1.34. The van der Waals surface area contributed by atoms with E-state index in [-0.39, 0.29) is 0 Å². The van der Waals surface area contributed by atoms with Crippen molar-refractivity contribution in [2.75, 3.05) is 0 Å². The third-order valence-electron chi connectivity index (χ3n) is 5.90. The number of rotatable bonds is 10. The Labute approximate surface area is 253 Å². The molecule has 39 heavy (non-hydrogen) atoms. The molecular weight excluding hydrogens is 586 g/mol. The molecule has 0 amide bonds. The first-order valence-electron chi connectivity index (χ1n) is 12.1. The van der Waals surface area contributed by atoms with Crippen molar-refractivity contribution in [3.8, 4) is 0 Å². The molecule has 0 saturated heterocycles. The Kier molecular flexibility index (Phi) is 10.9. The molecule has 0 radical (unpaired) electrons. The van der Waals surface area contributed by atoms with Crippen LogP contribution < -0.4 is 0 Å². The average molecular weight is 611 g/mol. The zero-order valence-corrected chi connectivity index (χ0v) is 25.5. The van der Waals surface area contributed by atoms with Gasteiger partial charge in [0.05, 0.1) is 0 Å². The topological polar surface area (TPSA) is 52.6 Å². The second kappa shape index (κ2) is 14.3. The van der Waals surface area contributed by atoms with Gasteiger partial charge in [-0.3, -0.25) is 0 Å². The van der Waals surface area contributed by atoms with Crippen molar-refractivity contribution >= 4 is 74.6 Å². The van der Waals surface area contributed by atoms with E-state index >= 15 is 0 Å². The van der Waals surface area contributed by atoms with Crippen LogP contribution in [0.25, 0.3) is 0 Å². The number of carbonyl (C=O) groups excluding carboxylic acids is 2. The molecule has 0 N–H and O–H groups in total. The van der Waals surface area contributed by atoms with E-state index in [1.807, 2.05) is 84.9 Å². The number of benzene rings is 4. The van der Waals surface area contributed by atoms with Gasteiger partial charge in [0.1, 0.15) is 0 Å². The monoisotopic (exact) mass is 609 g/mol. The summed E-state index contributed by atoms with van der Waals surface area (Å²) in [6.07, 6.45) is 0. The van der Waals surface area contributed by atoms with E-state index in [0.717, 1.165) is 19.6 Å². The summed E-state index contributed by atoms with van der Waals surface area (Å²) >= 11 is 15.0.